The number of benzene rings is 4. The van der Waals surface area contributed by atoms with Crippen LogP contribution in [0.25, 0.3) is 21.9 Å². The predicted molar refractivity (Wildman–Crippen MR) is 118 cm³/mol. The summed E-state index contributed by atoms with van der Waals surface area (Å²) in [7, 11) is 0. The third-order valence-electron chi connectivity index (χ3n) is 5.07. The van der Waals surface area contributed by atoms with Crippen molar-refractivity contribution >= 4 is 22.1 Å². The Morgan fingerprint density at radius 2 is 1.26 bits per heavy atom. The van der Waals surface area contributed by atoms with E-state index in [1.165, 1.54) is 38.8 Å². The van der Waals surface area contributed by atoms with Crippen molar-refractivity contribution in [3.63, 3.8) is 0 Å². The molecule has 0 saturated carbocycles. The zero-order valence-corrected chi connectivity index (χ0v) is 16.2. The van der Waals surface area contributed by atoms with Crippen LogP contribution in [0.1, 0.15) is 19.4 Å². The van der Waals surface area contributed by atoms with E-state index in [4.69, 9.17) is 0 Å². The highest BCUT2D eigenvalue weighted by Crippen LogP contribution is 2.39. The Morgan fingerprint density at radius 1 is 0.630 bits per heavy atom. The molecule has 0 aliphatic rings. The number of para-hydroxylation sites is 1. The highest BCUT2D eigenvalue weighted by Gasteiger charge is 2.18. The quantitative estimate of drug-likeness (QED) is 0.371. The first kappa shape index (κ1) is 17.4. The van der Waals surface area contributed by atoms with E-state index < -0.39 is 0 Å². The van der Waals surface area contributed by atoms with Gasteiger partial charge in [-0.15, -0.1) is 0 Å². The lowest BCUT2D eigenvalue weighted by Crippen LogP contribution is -2.25. The number of hydrogen-bond acceptors (Lipinski definition) is 1. The second-order valence-corrected chi connectivity index (χ2v) is 7.34. The summed E-state index contributed by atoms with van der Waals surface area (Å²) in [6.07, 6.45) is 0. The molecule has 0 aromatic heterocycles. The molecule has 4 rings (SSSR count). The summed E-state index contributed by atoms with van der Waals surface area (Å²) in [4.78, 5) is 2.43. The van der Waals surface area contributed by atoms with E-state index in [2.05, 4.69) is 117 Å². The van der Waals surface area contributed by atoms with Crippen molar-refractivity contribution in [3.8, 4) is 11.1 Å². The third kappa shape index (κ3) is 3.33. The number of anilines is 2. The zero-order valence-electron chi connectivity index (χ0n) is 16.2. The molecule has 0 aliphatic carbocycles. The van der Waals surface area contributed by atoms with Gasteiger partial charge in [0.05, 0.1) is 0 Å². The van der Waals surface area contributed by atoms with Gasteiger partial charge in [-0.3, -0.25) is 0 Å². The summed E-state index contributed by atoms with van der Waals surface area (Å²) in [5.74, 6) is 0. The standard InChI is InChI=1S/C26H25N/c1-19(2)27(22-17-15-20(3)16-18-22)26-14-7-6-12-25(26)24-13-8-10-21-9-4-5-11-23(21)24/h4-19H,1-3H3. The fourth-order valence-corrected chi connectivity index (χ4v) is 3.79. The number of aryl methyl sites for hydroxylation is 1. The fourth-order valence-electron chi connectivity index (χ4n) is 3.79. The second kappa shape index (κ2) is 7.28. The van der Waals surface area contributed by atoms with Gasteiger partial charge < -0.3 is 4.90 Å². The summed E-state index contributed by atoms with van der Waals surface area (Å²) >= 11 is 0. The van der Waals surface area contributed by atoms with E-state index in [-0.39, 0.29) is 0 Å². The first-order chi connectivity index (χ1) is 13.1. The van der Waals surface area contributed by atoms with Gasteiger partial charge in [-0.05, 0) is 55.3 Å². The Hall–Kier alpha value is -3.06. The average Bonchev–Trinajstić information content (AvgIpc) is 2.69. The molecule has 27 heavy (non-hydrogen) atoms. The van der Waals surface area contributed by atoms with Gasteiger partial charge in [-0.1, -0.05) is 78.4 Å². The minimum atomic E-state index is 0.351. The smallest absolute Gasteiger partial charge is 0.0493 e. The lowest BCUT2D eigenvalue weighted by atomic mass is 9.96. The number of hydrogen-bond donors (Lipinski definition) is 0. The van der Waals surface area contributed by atoms with Crippen molar-refractivity contribution in [3.05, 3.63) is 96.6 Å². The predicted octanol–water partition coefficient (Wildman–Crippen LogP) is 7.36. The first-order valence-corrected chi connectivity index (χ1v) is 9.58. The summed E-state index contributed by atoms with van der Waals surface area (Å²) in [6, 6.07) is 33.1. The fraction of sp³-hybridized carbons (Fsp3) is 0.154. The third-order valence-corrected chi connectivity index (χ3v) is 5.07. The monoisotopic (exact) mass is 351 g/mol. The molecule has 134 valence electrons. The number of fused-ring (bicyclic) bond motifs is 1. The van der Waals surface area contributed by atoms with Gasteiger partial charge in [0, 0.05) is 23.0 Å². The molecular formula is C26H25N. The van der Waals surface area contributed by atoms with Crippen molar-refractivity contribution < 1.29 is 0 Å². The number of rotatable bonds is 4. The molecule has 0 spiro atoms. The van der Waals surface area contributed by atoms with E-state index in [1.807, 2.05) is 0 Å². The van der Waals surface area contributed by atoms with Crippen LogP contribution < -0.4 is 4.90 Å². The van der Waals surface area contributed by atoms with Crippen molar-refractivity contribution in [1.82, 2.24) is 0 Å². The molecule has 0 fully saturated rings. The van der Waals surface area contributed by atoms with E-state index in [0.29, 0.717) is 6.04 Å². The van der Waals surface area contributed by atoms with Crippen LogP contribution >= 0.6 is 0 Å². The van der Waals surface area contributed by atoms with Crippen molar-refractivity contribution in [1.29, 1.82) is 0 Å². The molecule has 0 aliphatic heterocycles. The maximum Gasteiger partial charge on any atom is 0.0493 e. The highest BCUT2D eigenvalue weighted by molar-refractivity contribution is 6.00. The average molecular weight is 351 g/mol. The minimum absolute atomic E-state index is 0.351. The van der Waals surface area contributed by atoms with Gasteiger partial charge in [0.15, 0.2) is 0 Å². The maximum atomic E-state index is 2.43. The molecule has 0 N–H and O–H groups in total. The van der Waals surface area contributed by atoms with Gasteiger partial charge in [-0.25, -0.2) is 0 Å². The van der Waals surface area contributed by atoms with Crippen LogP contribution in [-0.4, -0.2) is 6.04 Å². The van der Waals surface area contributed by atoms with Crippen molar-refractivity contribution in [2.45, 2.75) is 26.8 Å². The molecule has 0 unspecified atom stereocenters. The second-order valence-electron chi connectivity index (χ2n) is 7.34. The van der Waals surface area contributed by atoms with Crippen LogP contribution in [0.3, 0.4) is 0 Å². The Morgan fingerprint density at radius 3 is 2.04 bits per heavy atom. The molecule has 1 heteroatoms. The Kier molecular flexibility index (Phi) is 4.68. The SMILES string of the molecule is Cc1ccc(N(c2ccccc2-c2cccc3ccccc23)C(C)C)cc1. The van der Waals surface area contributed by atoms with Gasteiger partial charge in [0.25, 0.3) is 0 Å². The number of nitrogens with zero attached hydrogens (tertiary/aromatic N) is 1. The Balaban J connectivity index is 1.93. The summed E-state index contributed by atoms with van der Waals surface area (Å²) in [6.45, 7) is 6.63. The van der Waals surface area contributed by atoms with E-state index in [0.717, 1.165) is 0 Å². The highest BCUT2D eigenvalue weighted by atomic mass is 15.2. The zero-order chi connectivity index (χ0) is 18.8. The molecule has 0 amide bonds. The van der Waals surface area contributed by atoms with Crippen LogP contribution in [0.15, 0.2) is 91.0 Å². The molecule has 0 radical (unpaired) electrons. The van der Waals surface area contributed by atoms with E-state index in [1.54, 1.807) is 0 Å². The lowest BCUT2D eigenvalue weighted by Gasteiger charge is -2.31. The van der Waals surface area contributed by atoms with E-state index >= 15 is 0 Å². The molecule has 0 atom stereocenters. The molecule has 4 aromatic rings. The molecule has 0 bridgehead atoms. The molecule has 0 heterocycles. The van der Waals surface area contributed by atoms with Crippen LogP contribution in [0.4, 0.5) is 11.4 Å². The van der Waals surface area contributed by atoms with Crippen LogP contribution in [-0.2, 0) is 0 Å². The van der Waals surface area contributed by atoms with Gasteiger partial charge in [0.2, 0.25) is 0 Å². The first-order valence-electron chi connectivity index (χ1n) is 9.58. The summed E-state index contributed by atoms with van der Waals surface area (Å²) < 4.78 is 0. The molecular weight excluding hydrogens is 326 g/mol. The maximum absolute atomic E-state index is 2.43. The minimum Gasteiger partial charge on any atom is -0.338 e. The Labute approximate surface area is 161 Å². The van der Waals surface area contributed by atoms with E-state index in [9.17, 15) is 0 Å². The van der Waals surface area contributed by atoms with Crippen molar-refractivity contribution in [2.75, 3.05) is 4.90 Å². The normalized spacial score (nSPS) is 11.1. The van der Waals surface area contributed by atoms with Gasteiger partial charge >= 0.3 is 0 Å². The van der Waals surface area contributed by atoms with Gasteiger partial charge in [-0.2, -0.15) is 0 Å². The topological polar surface area (TPSA) is 3.24 Å². The van der Waals surface area contributed by atoms with Gasteiger partial charge in [0.1, 0.15) is 0 Å². The largest absolute Gasteiger partial charge is 0.338 e. The molecule has 0 saturated heterocycles. The Bertz CT molecular complexity index is 1060. The van der Waals surface area contributed by atoms with Crippen LogP contribution in [0, 0.1) is 6.92 Å². The molecule has 1 nitrogen and oxygen atoms in total. The summed E-state index contributed by atoms with van der Waals surface area (Å²) in [5, 5.41) is 2.57. The van der Waals surface area contributed by atoms with Crippen molar-refractivity contribution in [2.24, 2.45) is 0 Å². The summed E-state index contributed by atoms with van der Waals surface area (Å²) in [5.41, 5.74) is 6.30. The van der Waals surface area contributed by atoms with Crippen LogP contribution in [0.2, 0.25) is 0 Å². The molecule has 4 aromatic carbocycles. The van der Waals surface area contributed by atoms with Crippen LogP contribution in [0.5, 0.6) is 0 Å². The lowest BCUT2D eigenvalue weighted by molar-refractivity contribution is 0.789.